The number of fused-ring (bicyclic) bond motifs is 7. The second-order valence-electron chi connectivity index (χ2n) is 18.4. The number of nitrogens with one attached hydrogen (secondary N) is 2. The summed E-state index contributed by atoms with van der Waals surface area (Å²) < 4.78 is 5.96. The minimum atomic E-state index is -0.257. The maximum Gasteiger partial charge on any atom is 0.302 e. The molecule has 2 N–H and O–H groups in total. The van der Waals surface area contributed by atoms with Gasteiger partial charge < -0.3 is 10.1 Å². The number of hydrogen-bond donors (Lipinski definition) is 2. The number of amides is 1. The van der Waals surface area contributed by atoms with Gasteiger partial charge in [-0.25, -0.2) is 0 Å². The molecule has 8 nitrogen and oxygen atoms in total. The van der Waals surface area contributed by atoms with Crippen molar-refractivity contribution in [3.63, 3.8) is 0 Å². The van der Waals surface area contributed by atoms with E-state index in [4.69, 9.17) is 4.74 Å². The Balaban J connectivity index is 1.15. The molecule has 5 fully saturated rings. The molecule has 6 rings (SSSR count). The molecule has 5 aliphatic carbocycles. The van der Waals surface area contributed by atoms with Crippen LogP contribution >= 0.6 is 0 Å². The van der Waals surface area contributed by atoms with E-state index in [1.807, 2.05) is 0 Å². The number of ether oxygens (including phenoxy) is 1. The number of aromatic nitrogens is 4. The quantitative estimate of drug-likeness (QED) is 0.140. The number of unbranched alkanes of at least 4 members (excludes halogenated alkanes) is 4. The van der Waals surface area contributed by atoms with Crippen LogP contribution in [0.5, 0.6) is 0 Å². The number of rotatable bonds is 11. The first-order valence-electron chi connectivity index (χ1n) is 19.5. The number of carbonyl (C=O) groups excluding carboxylic acids is 2. The fraction of sp³-hybridized carbons (Fsp3) is 0.875. The molecule has 1 unspecified atom stereocenters. The van der Waals surface area contributed by atoms with Gasteiger partial charge in [0.2, 0.25) is 5.91 Å². The topological polar surface area (TPSA) is 110 Å². The van der Waals surface area contributed by atoms with Crippen molar-refractivity contribution < 1.29 is 14.3 Å². The summed E-state index contributed by atoms with van der Waals surface area (Å²) in [5, 5.41) is 17.7. The molecule has 48 heavy (non-hydrogen) atoms. The Kier molecular flexibility index (Phi) is 9.73. The first-order valence-corrected chi connectivity index (χ1v) is 19.5. The molecule has 1 aromatic heterocycles. The highest BCUT2D eigenvalue weighted by molar-refractivity contribution is 5.83. The van der Waals surface area contributed by atoms with E-state index in [0.29, 0.717) is 35.5 Å². The zero-order valence-electron chi connectivity index (χ0n) is 31.3. The molecular weight excluding hydrogens is 598 g/mol. The summed E-state index contributed by atoms with van der Waals surface area (Å²) in [6, 6.07) is 0. The highest BCUT2D eigenvalue weighted by atomic mass is 16.5. The van der Waals surface area contributed by atoms with Crippen LogP contribution in [0.2, 0.25) is 0 Å². The van der Waals surface area contributed by atoms with E-state index in [1.165, 1.54) is 37.7 Å². The van der Waals surface area contributed by atoms with Gasteiger partial charge in [-0.1, -0.05) is 71.2 Å². The van der Waals surface area contributed by atoms with Gasteiger partial charge in [0.1, 0.15) is 6.10 Å². The molecule has 1 amide bonds. The van der Waals surface area contributed by atoms with Gasteiger partial charge in [0.25, 0.3) is 0 Å². The molecule has 5 aliphatic rings. The Labute approximate surface area is 290 Å². The van der Waals surface area contributed by atoms with Crippen LogP contribution in [0.1, 0.15) is 151 Å². The molecule has 5 saturated carbocycles. The molecule has 0 saturated heterocycles. The number of aromatic amines is 1. The van der Waals surface area contributed by atoms with E-state index in [-0.39, 0.29) is 39.1 Å². The minimum absolute atomic E-state index is 0.00994. The van der Waals surface area contributed by atoms with Crippen LogP contribution in [0, 0.1) is 56.7 Å². The first kappa shape index (κ1) is 35.6. The van der Waals surface area contributed by atoms with E-state index in [0.717, 1.165) is 83.0 Å². The van der Waals surface area contributed by atoms with Crippen molar-refractivity contribution in [2.45, 2.75) is 157 Å². The fourth-order valence-corrected chi connectivity index (χ4v) is 13.5. The van der Waals surface area contributed by atoms with Gasteiger partial charge >= 0.3 is 5.97 Å². The van der Waals surface area contributed by atoms with Crippen molar-refractivity contribution in [1.82, 2.24) is 25.9 Å². The number of allylic oxidation sites excluding steroid dienone is 1. The van der Waals surface area contributed by atoms with Crippen LogP contribution in [0.4, 0.5) is 0 Å². The van der Waals surface area contributed by atoms with Gasteiger partial charge in [-0.05, 0) is 130 Å². The van der Waals surface area contributed by atoms with Gasteiger partial charge in [-0.2, -0.15) is 5.21 Å². The third-order valence-electron chi connectivity index (χ3n) is 16.0. The molecule has 0 radical (unpaired) electrons. The number of carbonyl (C=O) groups is 2. The molecule has 0 aromatic carbocycles. The SMILES string of the molecule is C=C(C)[C@@H]1CC[C@]2(C(=O)NCCCCCCCc3nn[nH]n3)CC[C@]3(C)[C@H](CCC4[C@@]5(C)CC[C@H](OC(C)=O)C(C)(C)[C@@H]5CC[C@]43C)[C@@H]12. The summed E-state index contributed by atoms with van der Waals surface area (Å²) in [6.07, 6.45) is 17.7. The number of aryl methyl sites for hydroxylation is 1. The average Bonchev–Trinajstić information content (AvgIpc) is 3.69. The number of H-pyrrole nitrogens is 1. The molecule has 0 aliphatic heterocycles. The lowest BCUT2D eigenvalue weighted by Gasteiger charge is -2.72. The lowest BCUT2D eigenvalue weighted by atomic mass is 9.32. The van der Waals surface area contributed by atoms with Crippen molar-refractivity contribution in [2.75, 3.05) is 6.54 Å². The predicted molar refractivity (Wildman–Crippen MR) is 188 cm³/mol. The molecule has 8 heteroatoms. The maximum atomic E-state index is 14.4. The maximum absolute atomic E-state index is 14.4. The third-order valence-corrected chi connectivity index (χ3v) is 16.0. The molecule has 0 bridgehead atoms. The van der Waals surface area contributed by atoms with Crippen molar-refractivity contribution in [2.24, 2.45) is 56.7 Å². The Morgan fingerprint density at radius 3 is 2.31 bits per heavy atom. The summed E-state index contributed by atoms with van der Waals surface area (Å²) in [6.45, 7) is 21.8. The van der Waals surface area contributed by atoms with E-state index in [2.05, 4.69) is 74.1 Å². The zero-order valence-corrected chi connectivity index (χ0v) is 31.3. The lowest BCUT2D eigenvalue weighted by Crippen LogP contribution is -2.67. The smallest absolute Gasteiger partial charge is 0.302 e. The summed E-state index contributed by atoms with van der Waals surface area (Å²) >= 11 is 0. The van der Waals surface area contributed by atoms with Crippen LogP contribution in [0.3, 0.4) is 0 Å². The Morgan fingerprint density at radius 2 is 1.60 bits per heavy atom. The zero-order chi connectivity index (χ0) is 34.5. The second kappa shape index (κ2) is 13.1. The molecule has 10 atom stereocenters. The van der Waals surface area contributed by atoms with Crippen LogP contribution in [0.25, 0.3) is 0 Å². The highest BCUT2D eigenvalue weighted by Gasteiger charge is 2.72. The van der Waals surface area contributed by atoms with Crippen LogP contribution < -0.4 is 5.32 Å². The Bertz CT molecular complexity index is 1340. The van der Waals surface area contributed by atoms with E-state index < -0.39 is 0 Å². The van der Waals surface area contributed by atoms with Gasteiger partial charge in [0.05, 0.1) is 5.41 Å². The highest BCUT2D eigenvalue weighted by Crippen LogP contribution is 2.77. The van der Waals surface area contributed by atoms with Gasteiger partial charge in [0.15, 0.2) is 5.82 Å². The van der Waals surface area contributed by atoms with Crippen LogP contribution in [-0.2, 0) is 20.7 Å². The summed E-state index contributed by atoms with van der Waals surface area (Å²) in [5.74, 6) is 3.56. The van der Waals surface area contributed by atoms with Crippen LogP contribution in [-0.4, -0.2) is 45.1 Å². The predicted octanol–water partition coefficient (Wildman–Crippen LogP) is 8.40. The van der Waals surface area contributed by atoms with Crippen LogP contribution in [0.15, 0.2) is 12.2 Å². The largest absolute Gasteiger partial charge is 0.462 e. The summed E-state index contributed by atoms with van der Waals surface area (Å²) in [5.41, 5.74) is 1.68. The van der Waals surface area contributed by atoms with E-state index in [9.17, 15) is 9.59 Å². The molecular formula is C40H65N5O3. The first-order chi connectivity index (χ1) is 22.7. The third kappa shape index (κ3) is 5.67. The molecule has 268 valence electrons. The summed E-state index contributed by atoms with van der Waals surface area (Å²) in [7, 11) is 0. The fourth-order valence-electron chi connectivity index (χ4n) is 13.5. The van der Waals surface area contributed by atoms with E-state index >= 15 is 0 Å². The van der Waals surface area contributed by atoms with Gasteiger partial charge in [0, 0.05) is 25.3 Å². The lowest BCUT2D eigenvalue weighted by molar-refractivity contribution is -0.248. The van der Waals surface area contributed by atoms with Crippen molar-refractivity contribution >= 4 is 11.9 Å². The number of tetrazole rings is 1. The number of hydrogen-bond acceptors (Lipinski definition) is 6. The van der Waals surface area contributed by atoms with Crippen molar-refractivity contribution in [3.8, 4) is 0 Å². The average molecular weight is 664 g/mol. The van der Waals surface area contributed by atoms with Gasteiger partial charge in [-0.3, -0.25) is 9.59 Å². The van der Waals surface area contributed by atoms with Gasteiger partial charge in [-0.15, -0.1) is 10.2 Å². The Hall–Kier alpha value is -2.25. The van der Waals surface area contributed by atoms with Crippen molar-refractivity contribution in [3.05, 3.63) is 18.0 Å². The number of nitrogens with zero attached hydrogens (tertiary/aromatic N) is 3. The standard InChI is InChI=1S/C40H65N5O3/c1-26(2)28-17-22-40(35(47)41-25-13-11-9-10-12-14-33-42-44-45-43-33)24-23-38(7)29(34(28)40)15-16-31-37(6)20-19-32(48-27(3)46)36(4,5)30(37)18-21-39(31,38)8/h28-32,34H,1,9-25H2,2-8H3,(H,41,47)(H,42,43,44,45)/t28-,29+,30-,31?,32-,34+,37-,38+,39+,40-/m0/s1. The van der Waals surface area contributed by atoms with Crippen molar-refractivity contribution in [1.29, 1.82) is 0 Å². The Morgan fingerprint density at radius 1 is 0.854 bits per heavy atom. The number of esters is 1. The van der Waals surface area contributed by atoms with E-state index in [1.54, 1.807) is 6.92 Å². The minimum Gasteiger partial charge on any atom is -0.462 e. The summed E-state index contributed by atoms with van der Waals surface area (Å²) in [4.78, 5) is 26.4. The molecule has 1 aromatic rings. The molecule has 0 spiro atoms. The normalized spacial score (nSPS) is 41.3. The monoisotopic (exact) mass is 664 g/mol. The molecule has 1 heterocycles. The second-order valence-corrected chi connectivity index (χ2v) is 18.4.